The molecule has 6 unspecified atom stereocenters. The first-order valence-corrected chi connectivity index (χ1v) is 14.4. The Morgan fingerprint density at radius 3 is 2.76 bits per heavy atom. The number of nitrogens with one attached hydrogen (secondary N) is 1. The van der Waals surface area contributed by atoms with E-state index < -0.39 is 17.1 Å². The average molecular weight is 521 g/mol. The highest BCUT2D eigenvalue weighted by molar-refractivity contribution is 7.99. The molecule has 3 saturated carbocycles. The summed E-state index contributed by atoms with van der Waals surface area (Å²) in [5.41, 5.74) is 2.80. The van der Waals surface area contributed by atoms with Gasteiger partial charge in [0.25, 0.3) is 0 Å². The number of carbonyl (C=O) groups is 2. The fourth-order valence-corrected chi connectivity index (χ4v) is 9.21. The van der Waals surface area contributed by atoms with Crippen molar-refractivity contribution in [2.45, 2.75) is 76.7 Å². The van der Waals surface area contributed by atoms with Crippen LogP contribution in [0.1, 0.15) is 57.1 Å². The Balaban J connectivity index is 1.23. The normalized spacial score (nSPS) is 38.8. The minimum Gasteiger partial charge on any atom is -0.393 e. The summed E-state index contributed by atoms with van der Waals surface area (Å²) < 4.78 is 0. The largest absolute Gasteiger partial charge is 0.393 e. The van der Waals surface area contributed by atoms with Crippen LogP contribution in [-0.2, 0) is 9.59 Å². The van der Waals surface area contributed by atoms with Gasteiger partial charge in [0.05, 0.1) is 22.9 Å². The van der Waals surface area contributed by atoms with Crippen molar-refractivity contribution in [2.75, 3.05) is 5.75 Å². The van der Waals surface area contributed by atoms with Crippen LogP contribution >= 0.6 is 11.8 Å². The molecule has 1 aromatic carbocycles. The highest BCUT2D eigenvalue weighted by Crippen LogP contribution is 2.67. The Morgan fingerprint density at radius 1 is 1.22 bits per heavy atom. The molecule has 1 heterocycles. The van der Waals surface area contributed by atoms with Crippen LogP contribution in [0.25, 0.3) is 11.0 Å². The standard InChI is InChI=1S/C30H36N2O4S/c1-16-11-22-23(12-17(16)2)32-27(31-22)37-15-25(35)30(36)10-8-21-20-6-5-18-13-19(33)7-9-28(18,3)26(20)24(34)14-29(21,30)4/h7,9,11-13,20-21,24,26,34,36H,5-6,8,10,14-15H2,1-4H3,(H,31,32)/t20?,21?,24?,26?,28?,29?,30-/m0/s1. The molecule has 37 heavy (non-hydrogen) atoms. The molecule has 0 aliphatic heterocycles. The zero-order valence-corrected chi connectivity index (χ0v) is 22.8. The van der Waals surface area contributed by atoms with E-state index in [9.17, 15) is 19.8 Å². The van der Waals surface area contributed by atoms with Crippen LogP contribution in [0.3, 0.4) is 0 Å². The Labute approximate surface area is 222 Å². The number of benzene rings is 1. The highest BCUT2D eigenvalue weighted by Gasteiger charge is 2.67. The van der Waals surface area contributed by atoms with Crippen molar-refractivity contribution in [1.82, 2.24) is 9.97 Å². The monoisotopic (exact) mass is 520 g/mol. The molecule has 3 N–H and O–H groups in total. The van der Waals surface area contributed by atoms with Crippen molar-refractivity contribution in [3.05, 3.63) is 47.1 Å². The summed E-state index contributed by atoms with van der Waals surface area (Å²) in [5.74, 6) is 0.326. The molecule has 6 rings (SSSR count). The first-order valence-electron chi connectivity index (χ1n) is 13.4. The van der Waals surface area contributed by atoms with Crippen LogP contribution in [0.4, 0.5) is 0 Å². The predicted molar refractivity (Wildman–Crippen MR) is 144 cm³/mol. The predicted octanol–water partition coefficient (Wildman–Crippen LogP) is 4.85. The van der Waals surface area contributed by atoms with Crippen LogP contribution in [-0.4, -0.2) is 49.2 Å². The Hall–Kier alpha value is -2.22. The molecule has 4 aliphatic rings. The minimum absolute atomic E-state index is 0.00999. The molecule has 2 aromatic rings. The first kappa shape index (κ1) is 25.1. The van der Waals surface area contributed by atoms with Gasteiger partial charge in [-0.3, -0.25) is 9.59 Å². The Kier molecular flexibility index (Phi) is 5.69. The Morgan fingerprint density at radius 2 is 1.97 bits per heavy atom. The average Bonchev–Trinajstić information content (AvgIpc) is 3.35. The third-order valence-corrected chi connectivity index (χ3v) is 11.4. The number of hydrogen-bond acceptors (Lipinski definition) is 6. The number of aryl methyl sites for hydroxylation is 2. The van der Waals surface area contributed by atoms with Gasteiger partial charge in [-0.25, -0.2) is 4.98 Å². The van der Waals surface area contributed by atoms with Gasteiger partial charge >= 0.3 is 0 Å². The number of aliphatic hydroxyl groups is 2. The lowest BCUT2D eigenvalue weighted by Gasteiger charge is -2.59. The molecule has 7 atom stereocenters. The highest BCUT2D eigenvalue weighted by atomic mass is 32.2. The minimum atomic E-state index is -1.47. The number of H-pyrrole nitrogens is 1. The van der Waals surface area contributed by atoms with E-state index in [0.717, 1.165) is 35.9 Å². The van der Waals surface area contributed by atoms with Crippen molar-refractivity contribution < 1.29 is 19.8 Å². The molecular formula is C30H36N2O4S. The molecule has 0 amide bonds. The third-order valence-electron chi connectivity index (χ3n) is 10.5. The quantitative estimate of drug-likeness (QED) is 0.498. The van der Waals surface area contributed by atoms with E-state index in [-0.39, 0.29) is 40.5 Å². The number of ketones is 2. The van der Waals surface area contributed by atoms with Crippen LogP contribution in [0.5, 0.6) is 0 Å². The van der Waals surface area contributed by atoms with Gasteiger partial charge in [-0.15, -0.1) is 0 Å². The number of rotatable bonds is 4. The summed E-state index contributed by atoms with van der Waals surface area (Å²) in [6, 6.07) is 4.12. The Bertz CT molecular complexity index is 1340. The molecule has 4 aliphatic carbocycles. The van der Waals surface area contributed by atoms with E-state index in [1.165, 1.54) is 22.9 Å². The van der Waals surface area contributed by atoms with Crippen molar-refractivity contribution in [1.29, 1.82) is 0 Å². The number of allylic oxidation sites excluding steroid dienone is 4. The van der Waals surface area contributed by atoms with E-state index >= 15 is 0 Å². The summed E-state index contributed by atoms with van der Waals surface area (Å²) >= 11 is 1.34. The molecule has 0 radical (unpaired) electrons. The molecule has 7 heteroatoms. The van der Waals surface area contributed by atoms with Gasteiger partial charge in [-0.05, 0) is 93.2 Å². The second kappa shape index (κ2) is 8.39. The molecule has 3 fully saturated rings. The second-order valence-corrected chi connectivity index (χ2v) is 13.3. The molecular weight excluding hydrogens is 484 g/mol. The van der Waals surface area contributed by atoms with Gasteiger partial charge in [-0.2, -0.15) is 0 Å². The number of Topliss-reactive ketones (excluding diaryl/α,β-unsaturated/α-hetero) is 1. The van der Waals surface area contributed by atoms with Crippen LogP contribution < -0.4 is 0 Å². The van der Waals surface area contributed by atoms with Crippen molar-refractivity contribution in [2.24, 2.45) is 28.6 Å². The summed E-state index contributed by atoms with van der Waals surface area (Å²) in [6.07, 6.45) is 8.02. The number of thioether (sulfide) groups is 1. The topological polar surface area (TPSA) is 103 Å². The number of nitrogens with zero attached hydrogens (tertiary/aromatic N) is 1. The van der Waals surface area contributed by atoms with Gasteiger partial charge < -0.3 is 15.2 Å². The van der Waals surface area contributed by atoms with Crippen LogP contribution in [0.15, 0.2) is 41.1 Å². The fraction of sp³-hybridized carbons (Fsp3) is 0.567. The summed E-state index contributed by atoms with van der Waals surface area (Å²) in [6.45, 7) is 8.29. The third kappa shape index (κ3) is 3.57. The molecule has 196 valence electrons. The molecule has 0 saturated heterocycles. The number of aliphatic hydroxyl groups excluding tert-OH is 1. The SMILES string of the molecule is Cc1cc2nc(SCC(=O)[C@@]3(O)CCC4C5CCC6=CC(=O)C=CC6(C)C5C(O)CC43C)[nH]c2cc1C. The number of fused-ring (bicyclic) bond motifs is 6. The summed E-state index contributed by atoms with van der Waals surface area (Å²) in [4.78, 5) is 33.7. The van der Waals surface area contributed by atoms with Crippen molar-refractivity contribution in [3.8, 4) is 0 Å². The maximum Gasteiger partial charge on any atom is 0.178 e. The lowest BCUT2D eigenvalue weighted by atomic mass is 9.46. The van der Waals surface area contributed by atoms with Crippen LogP contribution in [0.2, 0.25) is 0 Å². The molecule has 6 nitrogen and oxygen atoms in total. The number of aromatic amines is 1. The number of imidazole rings is 1. The van der Waals surface area contributed by atoms with Gasteiger partial charge in [0.2, 0.25) is 0 Å². The van der Waals surface area contributed by atoms with E-state index in [0.29, 0.717) is 18.0 Å². The van der Waals surface area contributed by atoms with Gasteiger partial charge in [0, 0.05) is 16.7 Å². The number of aromatic nitrogens is 2. The number of hydrogen-bond donors (Lipinski definition) is 3. The maximum absolute atomic E-state index is 13.7. The van der Waals surface area contributed by atoms with Gasteiger partial charge in [0.15, 0.2) is 16.7 Å². The zero-order chi connectivity index (χ0) is 26.3. The van der Waals surface area contributed by atoms with Crippen LogP contribution in [0, 0.1) is 42.4 Å². The van der Waals surface area contributed by atoms with Crippen molar-refractivity contribution >= 4 is 34.4 Å². The van der Waals surface area contributed by atoms with E-state index in [4.69, 9.17) is 0 Å². The fourth-order valence-electron chi connectivity index (χ4n) is 8.36. The molecule has 0 spiro atoms. The van der Waals surface area contributed by atoms with Crippen molar-refractivity contribution in [3.63, 3.8) is 0 Å². The lowest BCUT2D eigenvalue weighted by Crippen LogP contribution is -2.61. The van der Waals surface area contributed by atoms with E-state index in [1.54, 1.807) is 12.2 Å². The first-order chi connectivity index (χ1) is 17.5. The summed E-state index contributed by atoms with van der Waals surface area (Å²) in [5, 5.41) is 24.2. The van der Waals surface area contributed by atoms with E-state index in [1.807, 2.05) is 19.1 Å². The zero-order valence-electron chi connectivity index (χ0n) is 22.0. The van der Waals surface area contributed by atoms with E-state index in [2.05, 4.69) is 36.8 Å². The maximum atomic E-state index is 13.7. The van der Waals surface area contributed by atoms with Gasteiger partial charge in [0.1, 0.15) is 5.60 Å². The summed E-state index contributed by atoms with van der Waals surface area (Å²) in [7, 11) is 0. The molecule has 0 bridgehead atoms. The smallest absolute Gasteiger partial charge is 0.178 e. The second-order valence-electron chi connectivity index (χ2n) is 12.3. The number of carbonyl (C=O) groups excluding carboxylic acids is 2. The lowest BCUT2D eigenvalue weighted by molar-refractivity contribution is -0.174. The molecule has 1 aromatic heterocycles. The van der Waals surface area contributed by atoms with Gasteiger partial charge in [-0.1, -0.05) is 37.3 Å².